The van der Waals surface area contributed by atoms with Crippen LogP contribution in [0.15, 0.2) is 40.1 Å². The topological polar surface area (TPSA) is 58.2 Å². The number of carbonyl (C=O) groups is 2. The van der Waals surface area contributed by atoms with Crippen LogP contribution in [-0.2, 0) is 9.59 Å². The Morgan fingerprint density at radius 2 is 2.08 bits per heavy atom. The van der Waals surface area contributed by atoms with Crippen molar-refractivity contribution in [1.29, 1.82) is 0 Å². The average Bonchev–Trinajstić information content (AvgIpc) is 2.45. The Hall–Kier alpha value is -1.75. The van der Waals surface area contributed by atoms with Gasteiger partial charge in [0.2, 0.25) is 5.91 Å². The van der Waals surface area contributed by atoms with Gasteiger partial charge < -0.3 is 10.6 Å². The van der Waals surface area contributed by atoms with Crippen LogP contribution in [0.4, 0.5) is 5.69 Å². The smallest absolute Gasteiger partial charge is 0.262 e. The van der Waals surface area contributed by atoms with E-state index in [1.54, 1.807) is 0 Å². The molecule has 4 nitrogen and oxygen atoms in total. The molecule has 0 unspecified atom stereocenters. The van der Waals surface area contributed by atoms with Crippen molar-refractivity contribution in [1.82, 2.24) is 5.32 Å². The lowest BCUT2D eigenvalue weighted by molar-refractivity contribution is -0.118. The Balaban J connectivity index is 1.68. The van der Waals surface area contributed by atoms with Crippen molar-refractivity contribution in [3.05, 3.63) is 35.2 Å². The van der Waals surface area contributed by atoms with Crippen LogP contribution >= 0.6 is 11.8 Å². The highest BCUT2D eigenvalue weighted by atomic mass is 32.2. The summed E-state index contributed by atoms with van der Waals surface area (Å²) in [7, 11) is 0. The van der Waals surface area contributed by atoms with Crippen molar-refractivity contribution in [2.24, 2.45) is 11.3 Å². The molecule has 0 aromatic heterocycles. The maximum Gasteiger partial charge on any atom is 0.262 e. The first-order valence-corrected chi connectivity index (χ1v) is 9.24. The lowest BCUT2D eigenvalue weighted by Gasteiger charge is -2.39. The molecule has 1 fully saturated rings. The van der Waals surface area contributed by atoms with Gasteiger partial charge >= 0.3 is 0 Å². The van der Waals surface area contributed by atoms with E-state index in [0.717, 1.165) is 23.4 Å². The van der Waals surface area contributed by atoms with E-state index < -0.39 is 0 Å². The molecule has 24 heavy (non-hydrogen) atoms. The molecule has 2 amide bonds. The fourth-order valence-electron chi connectivity index (χ4n) is 3.92. The normalized spacial score (nSPS) is 27.3. The van der Waals surface area contributed by atoms with Gasteiger partial charge in [-0.2, -0.15) is 0 Å². The number of anilines is 1. The SMILES string of the molecule is C[C@@H]1C[C@@H](NC(=O)/C=C2\Sc3ccccc3NC2=O)CC(C)(C)C1. The summed E-state index contributed by atoms with van der Waals surface area (Å²) in [5.74, 6) is 0.207. The zero-order valence-electron chi connectivity index (χ0n) is 14.4. The summed E-state index contributed by atoms with van der Waals surface area (Å²) in [6.07, 6.45) is 4.60. The van der Waals surface area contributed by atoms with Crippen molar-refractivity contribution in [2.45, 2.75) is 51.0 Å². The molecule has 1 aromatic carbocycles. The molecule has 1 aliphatic carbocycles. The van der Waals surface area contributed by atoms with E-state index in [1.165, 1.54) is 24.3 Å². The molecule has 5 heteroatoms. The highest BCUT2D eigenvalue weighted by molar-refractivity contribution is 8.04. The number of nitrogens with one attached hydrogen (secondary N) is 2. The van der Waals surface area contributed by atoms with Gasteiger partial charge in [0.25, 0.3) is 5.91 Å². The number of amides is 2. The second-order valence-corrected chi connectivity index (χ2v) is 8.76. The molecule has 0 radical (unpaired) electrons. The van der Waals surface area contributed by atoms with Gasteiger partial charge in [0.15, 0.2) is 0 Å². The third-order valence-corrected chi connectivity index (χ3v) is 5.67. The highest BCUT2D eigenvalue weighted by Gasteiger charge is 2.32. The van der Waals surface area contributed by atoms with Crippen molar-refractivity contribution < 1.29 is 9.59 Å². The summed E-state index contributed by atoms with van der Waals surface area (Å²) < 4.78 is 0. The fraction of sp³-hybridized carbons (Fsp3) is 0.474. The molecule has 1 heterocycles. The van der Waals surface area contributed by atoms with Gasteiger partial charge in [-0.25, -0.2) is 0 Å². The Morgan fingerprint density at radius 1 is 1.33 bits per heavy atom. The van der Waals surface area contributed by atoms with Crippen molar-refractivity contribution in [3.8, 4) is 0 Å². The first-order chi connectivity index (χ1) is 11.3. The molecule has 1 aromatic rings. The lowest BCUT2D eigenvalue weighted by Crippen LogP contribution is -2.42. The van der Waals surface area contributed by atoms with Crippen LogP contribution in [0.25, 0.3) is 0 Å². The number of carbonyl (C=O) groups excluding carboxylic acids is 2. The largest absolute Gasteiger partial charge is 0.350 e. The zero-order chi connectivity index (χ0) is 17.3. The van der Waals surface area contributed by atoms with Crippen molar-refractivity contribution >= 4 is 29.3 Å². The summed E-state index contributed by atoms with van der Waals surface area (Å²) in [4.78, 5) is 25.9. The Labute approximate surface area is 147 Å². The third-order valence-electron chi connectivity index (χ3n) is 4.57. The summed E-state index contributed by atoms with van der Waals surface area (Å²) >= 11 is 1.34. The lowest BCUT2D eigenvalue weighted by atomic mass is 9.70. The molecule has 1 aliphatic heterocycles. The number of fused-ring (bicyclic) bond motifs is 1. The number of para-hydroxylation sites is 1. The van der Waals surface area contributed by atoms with Crippen LogP contribution in [-0.4, -0.2) is 17.9 Å². The molecule has 128 valence electrons. The molecule has 1 saturated carbocycles. The van der Waals surface area contributed by atoms with Crippen LogP contribution in [0.3, 0.4) is 0 Å². The molecule has 0 bridgehead atoms. The predicted molar refractivity (Wildman–Crippen MR) is 97.7 cm³/mol. The number of hydrogen-bond acceptors (Lipinski definition) is 3. The van der Waals surface area contributed by atoms with Gasteiger partial charge in [0.1, 0.15) is 0 Å². The van der Waals surface area contributed by atoms with E-state index in [-0.39, 0.29) is 23.3 Å². The van der Waals surface area contributed by atoms with Crippen LogP contribution in [0.5, 0.6) is 0 Å². The molecule has 0 spiro atoms. The maximum atomic E-state index is 12.4. The molecular formula is C19H24N2O2S. The molecule has 2 atom stereocenters. The van der Waals surface area contributed by atoms with E-state index in [1.807, 2.05) is 24.3 Å². The van der Waals surface area contributed by atoms with Gasteiger partial charge in [-0.05, 0) is 42.7 Å². The van der Waals surface area contributed by atoms with Crippen molar-refractivity contribution in [3.63, 3.8) is 0 Å². The standard InChI is InChI=1S/C19H24N2O2S/c1-12-8-13(11-19(2,3)10-12)20-17(22)9-16-18(23)21-14-6-4-5-7-15(14)24-16/h4-7,9,12-13H,8,10-11H2,1-3H3,(H,20,22)(H,21,23)/b16-9-/t12-,13-/m1/s1. The Bertz CT molecular complexity index is 696. The van der Waals surface area contributed by atoms with Gasteiger partial charge in [0.05, 0.1) is 10.6 Å². The first kappa shape index (κ1) is 17.1. The van der Waals surface area contributed by atoms with Crippen molar-refractivity contribution in [2.75, 3.05) is 5.32 Å². The molecule has 0 saturated heterocycles. The summed E-state index contributed by atoms with van der Waals surface area (Å²) in [6.45, 7) is 6.74. The second kappa shape index (κ2) is 6.63. The number of thioether (sulfide) groups is 1. The molecule has 2 aliphatic rings. The Morgan fingerprint density at radius 3 is 2.83 bits per heavy atom. The monoisotopic (exact) mass is 344 g/mol. The van der Waals surface area contributed by atoms with Crippen LogP contribution in [0.1, 0.15) is 40.0 Å². The van der Waals surface area contributed by atoms with E-state index in [4.69, 9.17) is 0 Å². The highest BCUT2D eigenvalue weighted by Crippen LogP contribution is 2.39. The zero-order valence-corrected chi connectivity index (χ0v) is 15.2. The minimum Gasteiger partial charge on any atom is -0.350 e. The minimum atomic E-state index is -0.216. The number of hydrogen-bond donors (Lipinski definition) is 2. The summed E-state index contributed by atoms with van der Waals surface area (Å²) in [5.41, 5.74) is 1.05. The predicted octanol–water partition coefficient (Wildman–Crippen LogP) is 3.95. The number of benzene rings is 1. The van der Waals surface area contributed by atoms with Gasteiger partial charge in [0, 0.05) is 17.0 Å². The van der Waals surface area contributed by atoms with Crippen LogP contribution in [0, 0.1) is 11.3 Å². The average molecular weight is 344 g/mol. The van der Waals surface area contributed by atoms with Crippen LogP contribution in [0.2, 0.25) is 0 Å². The quantitative estimate of drug-likeness (QED) is 0.799. The molecular weight excluding hydrogens is 320 g/mol. The van der Waals surface area contributed by atoms with Gasteiger partial charge in [-0.15, -0.1) is 0 Å². The summed E-state index contributed by atoms with van der Waals surface area (Å²) in [6, 6.07) is 7.79. The van der Waals surface area contributed by atoms with E-state index in [9.17, 15) is 9.59 Å². The first-order valence-electron chi connectivity index (χ1n) is 8.43. The van der Waals surface area contributed by atoms with Gasteiger partial charge in [-0.3, -0.25) is 9.59 Å². The maximum absolute atomic E-state index is 12.4. The van der Waals surface area contributed by atoms with E-state index in [0.29, 0.717) is 10.8 Å². The minimum absolute atomic E-state index is 0.178. The van der Waals surface area contributed by atoms with E-state index >= 15 is 0 Å². The number of rotatable bonds is 2. The second-order valence-electron chi connectivity index (χ2n) is 7.68. The third kappa shape index (κ3) is 4.01. The Kier molecular flexibility index (Phi) is 4.72. The molecule has 3 rings (SSSR count). The summed E-state index contributed by atoms with van der Waals surface area (Å²) in [5, 5.41) is 5.92. The van der Waals surface area contributed by atoms with Crippen LogP contribution < -0.4 is 10.6 Å². The van der Waals surface area contributed by atoms with Gasteiger partial charge in [-0.1, -0.05) is 44.7 Å². The molecule has 2 N–H and O–H groups in total. The van der Waals surface area contributed by atoms with E-state index in [2.05, 4.69) is 31.4 Å². The fourth-order valence-corrected chi connectivity index (χ4v) is 4.84.